The van der Waals surface area contributed by atoms with Gasteiger partial charge in [0.1, 0.15) is 17.6 Å². The second-order valence-electron chi connectivity index (χ2n) is 7.04. The molecule has 1 aliphatic rings. The summed E-state index contributed by atoms with van der Waals surface area (Å²) in [6.45, 7) is 1.03. The number of fused-ring (bicyclic) bond motifs is 1. The molecule has 0 saturated carbocycles. The highest BCUT2D eigenvalue weighted by Crippen LogP contribution is 2.33. The lowest BCUT2D eigenvalue weighted by Gasteiger charge is -2.24. The first kappa shape index (κ1) is 19.6. The molecule has 0 saturated heterocycles. The Hall–Kier alpha value is -3.36. The molecule has 0 amide bonds. The van der Waals surface area contributed by atoms with E-state index in [1.54, 1.807) is 20.3 Å². The van der Waals surface area contributed by atoms with Gasteiger partial charge in [-0.25, -0.2) is 0 Å². The second kappa shape index (κ2) is 8.05. The SMILES string of the molecule is COc1ccc(-c2noc(-c3cc4n(n3)CC(c3ccc(Cl)cc3)OC4)n2)c(OC)c1. The Morgan fingerprint density at radius 2 is 1.90 bits per heavy atom. The van der Waals surface area contributed by atoms with Crippen molar-refractivity contribution >= 4 is 11.6 Å². The van der Waals surface area contributed by atoms with Crippen LogP contribution in [0.4, 0.5) is 0 Å². The number of halogens is 1. The molecule has 4 aromatic rings. The molecule has 1 aliphatic heterocycles. The van der Waals surface area contributed by atoms with Crippen molar-refractivity contribution in [2.75, 3.05) is 14.2 Å². The first-order valence-corrected chi connectivity index (χ1v) is 10.0. The molecule has 1 atom stereocenters. The summed E-state index contributed by atoms with van der Waals surface area (Å²) in [6, 6.07) is 15.0. The smallest absolute Gasteiger partial charge is 0.278 e. The molecule has 0 spiro atoms. The maximum atomic E-state index is 6.01. The van der Waals surface area contributed by atoms with E-state index in [0.29, 0.717) is 52.6 Å². The average molecular weight is 439 g/mol. The molecule has 1 unspecified atom stereocenters. The molecule has 0 bridgehead atoms. The Labute approximate surface area is 183 Å². The summed E-state index contributed by atoms with van der Waals surface area (Å²) >= 11 is 5.99. The van der Waals surface area contributed by atoms with Crippen LogP contribution in [0.2, 0.25) is 5.02 Å². The molecule has 0 aliphatic carbocycles. The fourth-order valence-electron chi connectivity index (χ4n) is 3.53. The zero-order chi connectivity index (χ0) is 21.4. The molecule has 0 fully saturated rings. The summed E-state index contributed by atoms with van der Waals surface area (Å²) < 4.78 is 24.1. The fraction of sp³-hybridized carbons (Fsp3) is 0.227. The van der Waals surface area contributed by atoms with Crippen LogP contribution in [0.15, 0.2) is 53.1 Å². The van der Waals surface area contributed by atoms with E-state index in [0.717, 1.165) is 11.3 Å². The second-order valence-corrected chi connectivity index (χ2v) is 7.48. The van der Waals surface area contributed by atoms with Gasteiger partial charge in [-0.3, -0.25) is 4.68 Å². The van der Waals surface area contributed by atoms with Crippen LogP contribution in [0, 0.1) is 0 Å². The number of nitrogens with zero attached hydrogens (tertiary/aromatic N) is 4. The van der Waals surface area contributed by atoms with Gasteiger partial charge < -0.3 is 18.7 Å². The fourth-order valence-corrected chi connectivity index (χ4v) is 3.66. The van der Waals surface area contributed by atoms with Crippen LogP contribution in [0.1, 0.15) is 17.4 Å². The third-order valence-corrected chi connectivity index (χ3v) is 5.42. The quantitative estimate of drug-likeness (QED) is 0.452. The zero-order valence-corrected chi connectivity index (χ0v) is 17.7. The number of rotatable bonds is 5. The molecular formula is C22H19ClN4O4. The number of hydrogen-bond acceptors (Lipinski definition) is 7. The Morgan fingerprint density at radius 1 is 1.06 bits per heavy atom. The molecule has 2 aromatic heterocycles. The normalized spacial score (nSPS) is 15.5. The maximum absolute atomic E-state index is 6.01. The molecule has 158 valence electrons. The molecular weight excluding hydrogens is 420 g/mol. The first-order chi connectivity index (χ1) is 15.1. The van der Waals surface area contributed by atoms with Crippen LogP contribution in [-0.4, -0.2) is 34.1 Å². The number of methoxy groups -OCH3 is 2. The highest BCUT2D eigenvalue weighted by molar-refractivity contribution is 6.30. The van der Waals surface area contributed by atoms with Crippen LogP contribution in [-0.2, 0) is 17.9 Å². The van der Waals surface area contributed by atoms with Gasteiger partial charge in [0.2, 0.25) is 5.82 Å². The van der Waals surface area contributed by atoms with Crippen molar-refractivity contribution in [3.8, 4) is 34.5 Å². The molecule has 8 nitrogen and oxygen atoms in total. The van der Waals surface area contributed by atoms with E-state index in [2.05, 4.69) is 15.2 Å². The van der Waals surface area contributed by atoms with Crippen molar-refractivity contribution in [1.82, 2.24) is 19.9 Å². The van der Waals surface area contributed by atoms with Crippen molar-refractivity contribution in [2.45, 2.75) is 19.3 Å². The molecule has 0 N–H and O–H groups in total. The van der Waals surface area contributed by atoms with E-state index in [-0.39, 0.29) is 6.10 Å². The van der Waals surface area contributed by atoms with Gasteiger partial charge in [-0.1, -0.05) is 28.9 Å². The van der Waals surface area contributed by atoms with Crippen molar-refractivity contribution < 1.29 is 18.7 Å². The van der Waals surface area contributed by atoms with Crippen LogP contribution in [0.25, 0.3) is 23.0 Å². The molecule has 5 rings (SSSR count). The van der Waals surface area contributed by atoms with E-state index < -0.39 is 0 Å². The highest BCUT2D eigenvalue weighted by atomic mass is 35.5. The van der Waals surface area contributed by atoms with Gasteiger partial charge in [0.05, 0.1) is 38.6 Å². The number of ether oxygens (including phenoxy) is 3. The summed E-state index contributed by atoms with van der Waals surface area (Å²) in [7, 11) is 3.18. The van der Waals surface area contributed by atoms with Gasteiger partial charge in [0, 0.05) is 11.1 Å². The van der Waals surface area contributed by atoms with Crippen LogP contribution in [0.5, 0.6) is 11.5 Å². The lowest BCUT2D eigenvalue weighted by molar-refractivity contribution is -0.00112. The minimum absolute atomic E-state index is 0.0978. The maximum Gasteiger partial charge on any atom is 0.278 e. The minimum Gasteiger partial charge on any atom is -0.497 e. The third-order valence-electron chi connectivity index (χ3n) is 5.17. The highest BCUT2D eigenvalue weighted by Gasteiger charge is 2.25. The van der Waals surface area contributed by atoms with Crippen LogP contribution >= 0.6 is 11.6 Å². The number of aromatic nitrogens is 4. The largest absolute Gasteiger partial charge is 0.497 e. The van der Waals surface area contributed by atoms with Crippen molar-refractivity contribution in [3.05, 3.63) is 64.8 Å². The van der Waals surface area contributed by atoms with Crippen molar-refractivity contribution in [2.24, 2.45) is 0 Å². The number of hydrogen-bond donors (Lipinski definition) is 0. The minimum atomic E-state index is -0.0978. The molecule has 0 radical (unpaired) electrons. The Balaban J connectivity index is 1.40. The molecule has 9 heteroatoms. The van der Waals surface area contributed by atoms with Crippen LogP contribution in [0.3, 0.4) is 0 Å². The van der Waals surface area contributed by atoms with Gasteiger partial charge in [0.25, 0.3) is 5.89 Å². The lowest BCUT2D eigenvalue weighted by atomic mass is 10.1. The van der Waals surface area contributed by atoms with Crippen molar-refractivity contribution in [3.63, 3.8) is 0 Å². The van der Waals surface area contributed by atoms with Gasteiger partial charge in [0.15, 0.2) is 5.69 Å². The predicted molar refractivity (Wildman–Crippen MR) is 113 cm³/mol. The topological polar surface area (TPSA) is 84.4 Å². The third kappa shape index (κ3) is 3.75. The summed E-state index contributed by atoms with van der Waals surface area (Å²) in [5.41, 5.74) is 3.30. The van der Waals surface area contributed by atoms with Gasteiger partial charge >= 0.3 is 0 Å². The van der Waals surface area contributed by atoms with Gasteiger partial charge in [-0.2, -0.15) is 10.1 Å². The molecule has 31 heavy (non-hydrogen) atoms. The van der Waals surface area contributed by atoms with E-state index in [4.69, 9.17) is 30.3 Å². The van der Waals surface area contributed by atoms with E-state index in [1.807, 2.05) is 47.1 Å². The van der Waals surface area contributed by atoms with Crippen molar-refractivity contribution in [1.29, 1.82) is 0 Å². The summed E-state index contributed by atoms with van der Waals surface area (Å²) in [6.07, 6.45) is -0.0978. The predicted octanol–water partition coefficient (Wildman–Crippen LogP) is 4.54. The molecule has 3 heterocycles. The average Bonchev–Trinajstić information content (AvgIpc) is 3.45. The monoisotopic (exact) mass is 438 g/mol. The van der Waals surface area contributed by atoms with Gasteiger partial charge in [-0.05, 0) is 35.9 Å². The Morgan fingerprint density at radius 3 is 2.68 bits per heavy atom. The van der Waals surface area contributed by atoms with E-state index in [1.165, 1.54) is 0 Å². The summed E-state index contributed by atoms with van der Waals surface area (Å²) in [4.78, 5) is 4.52. The van der Waals surface area contributed by atoms with E-state index in [9.17, 15) is 0 Å². The zero-order valence-electron chi connectivity index (χ0n) is 16.9. The van der Waals surface area contributed by atoms with Gasteiger partial charge in [-0.15, -0.1) is 0 Å². The van der Waals surface area contributed by atoms with E-state index >= 15 is 0 Å². The lowest BCUT2D eigenvalue weighted by Crippen LogP contribution is -2.21. The summed E-state index contributed by atoms with van der Waals surface area (Å²) in [5, 5.41) is 9.45. The number of benzene rings is 2. The molecule has 2 aromatic carbocycles. The summed E-state index contributed by atoms with van der Waals surface area (Å²) in [5.74, 6) is 2.02. The standard InChI is InChI=1S/C22H19ClN4O4/c1-28-16-7-8-17(19(10-16)29-2)21-24-22(31-26-21)18-9-15-12-30-20(11-27(15)25-18)13-3-5-14(23)6-4-13/h3-10,20H,11-12H2,1-2H3. The Kier molecular flexibility index (Phi) is 5.09. The first-order valence-electron chi connectivity index (χ1n) is 9.65. The van der Waals surface area contributed by atoms with Crippen LogP contribution < -0.4 is 9.47 Å². The Bertz CT molecular complexity index is 1220.